The van der Waals surface area contributed by atoms with E-state index in [4.69, 9.17) is 4.52 Å². The molecule has 0 aliphatic carbocycles. The molecular weight excluding hydrogens is 254 g/mol. The molecule has 0 amide bonds. The molecule has 0 spiro atoms. The fourth-order valence-electron chi connectivity index (χ4n) is 2.11. The molecule has 2 aromatic heterocycles. The van der Waals surface area contributed by atoms with E-state index in [-0.39, 0.29) is 12.6 Å². The highest BCUT2D eigenvalue weighted by molar-refractivity contribution is 5.24. The smallest absolute Gasteiger partial charge is 0.319 e. The molecule has 1 atom stereocenters. The zero-order valence-corrected chi connectivity index (χ0v) is 11.0. The maximum Gasteiger partial charge on any atom is 0.319 e. The fraction of sp³-hybridized carbons (Fsp3) is 0.500. The molecular formula is C12H16F2N4O. The van der Waals surface area contributed by atoms with Crippen molar-refractivity contribution >= 4 is 0 Å². The lowest BCUT2D eigenvalue weighted by Gasteiger charge is -2.14. The Bertz CT molecular complexity index is 530. The number of rotatable bonds is 5. The minimum absolute atomic E-state index is 0.0472. The maximum absolute atomic E-state index is 12.7. The summed E-state index contributed by atoms with van der Waals surface area (Å²) in [6, 6.07) is -0.0472. The fourth-order valence-corrected chi connectivity index (χ4v) is 2.11. The van der Waals surface area contributed by atoms with Gasteiger partial charge in [0.15, 0.2) is 0 Å². The summed E-state index contributed by atoms with van der Waals surface area (Å²) in [5.74, 6) is 1.03. The van der Waals surface area contributed by atoms with Gasteiger partial charge in [-0.1, -0.05) is 5.16 Å². The van der Waals surface area contributed by atoms with Crippen molar-refractivity contribution in [3.8, 4) is 0 Å². The number of imidazole rings is 1. The number of nitrogens with zero attached hydrogens (tertiary/aromatic N) is 3. The molecule has 0 aliphatic heterocycles. The summed E-state index contributed by atoms with van der Waals surface area (Å²) in [6.45, 7) is 3.29. The van der Waals surface area contributed by atoms with E-state index in [1.165, 1.54) is 12.4 Å². The van der Waals surface area contributed by atoms with Crippen LogP contribution in [0.4, 0.5) is 8.78 Å². The van der Waals surface area contributed by atoms with E-state index in [1.54, 1.807) is 0 Å². The monoisotopic (exact) mass is 270 g/mol. The molecule has 2 rings (SSSR count). The van der Waals surface area contributed by atoms with Crippen LogP contribution in [0.5, 0.6) is 0 Å². The molecule has 5 nitrogen and oxygen atoms in total. The predicted octanol–water partition coefficient (Wildman–Crippen LogP) is 2.73. The van der Waals surface area contributed by atoms with Crippen LogP contribution in [0.15, 0.2) is 16.9 Å². The number of nitrogens with one attached hydrogen (secondary N) is 1. The van der Waals surface area contributed by atoms with E-state index in [0.29, 0.717) is 5.82 Å². The molecule has 0 saturated carbocycles. The molecule has 0 saturated heterocycles. The molecule has 19 heavy (non-hydrogen) atoms. The molecule has 0 radical (unpaired) electrons. The van der Waals surface area contributed by atoms with E-state index in [0.717, 1.165) is 21.6 Å². The van der Waals surface area contributed by atoms with Gasteiger partial charge in [-0.25, -0.2) is 4.98 Å². The zero-order chi connectivity index (χ0) is 14.0. The first-order chi connectivity index (χ1) is 9.00. The van der Waals surface area contributed by atoms with E-state index in [1.807, 2.05) is 20.8 Å². The number of hydrogen-bond acceptors (Lipinski definition) is 4. The summed E-state index contributed by atoms with van der Waals surface area (Å²) in [6.07, 6.45) is 2.63. The highest BCUT2D eigenvalue weighted by Gasteiger charge is 2.17. The van der Waals surface area contributed by atoms with Gasteiger partial charge in [0.25, 0.3) is 0 Å². The molecule has 1 N–H and O–H groups in total. The van der Waals surface area contributed by atoms with Crippen molar-refractivity contribution in [1.29, 1.82) is 0 Å². The summed E-state index contributed by atoms with van der Waals surface area (Å²) in [5, 5.41) is 7.02. The summed E-state index contributed by atoms with van der Waals surface area (Å²) in [5.41, 5.74) is 1.75. The van der Waals surface area contributed by atoms with Gasteiger partial charge >= 0.3 is 6.55 Å². The number of aromatic nitrogens is 3. The topological polar surface area (TPSA) is 55.9 Å². The Morgan fingerprint density at radius 2 is 2.16 bits per heavy atom. The second-order valence-electron chi connectivity index (χ2n) is 4.37. The Morgan fingerprint density at radius 3 is 2.74 bits per heavy atom. The number of hydrogen-bond donors (Lipinski definition) is 1. The molecule has 0 aliphatic rings. The van der Waals surface area contributed by atoms with E-state index >= 15 is 0 Å². The molecule has 2 aromatic rings. The van der Waals surface area contributed by atoms with Crippen LogP contribution in [-0.2, 0) is 6.54 Å². The molecule has 0 aromatic carbocycles. The van der Waals surface area contributed by atoms with Gasteiger partial charge in [0.05, 0.1) is 12.2 Å². The maximum atomic E-state index is 12.7. The quantitative estimate of drug-likeness (QED) is 0.907. The standard InChI is InChI=1S/C12H16F2N4O/c1-7(11-8(2)17-19-9(11)3)16-6-10-15-4-5-18(10)12(13)14/h4-5,7,12,16H,6H2,1-3H3. The summed E-state index contributed by atoms with van der Waals surface area (Å²) in [7, 11) is 0. The van der Waals surface area contributed by atoms with Gasteiger partial charge in [0.2, 0.25) is 0 Å². The number of halogens is 2. The highest BCUT2D eigenvalue weighted by Crippen LogP contribution is 2.21. The van der Waals surface area contributed by atoms with Gasteiger partial charge in [0, 0.05) is 24.0 Å². The van der Waals surface area contributed by atoms with Crippen molar-refractivity contribution in [3.05, 3.63) is 35.2 Å². The van der Waals surface area contributed by atoms with Crippen LogP contribution in [0.25, 0.3) is 0 Å². The SMILES string of the molecule is Cc1noc(C)c1C(C)NCc1nccn1C(F)F. The minimum atomic E-state index is -2.58. The first-order valence-electron chi connectivity index (χ1n) is 5.96. The summed E-state index contributed by atoms with van der Waals surface area (Å²) in [4.78, 5) is 3.92. The lowest BCUT2D eigenvalue weighted by molar-refractivity contribution is 0.0665. The lowest BCUT2D eigenvalue weighted by atomic mass is 10.1. The van der Waals surface area contributed by atoms with E-state index in [2.05, 4.69) is 15.5 Å². The highest BCUT2D eigenvalue weighted by atomic mass is 19.3. The third kappa shape index (κ3) is 2.81. The first-order valence-corrected chi connectivity index (χ1v) is 5.96. The van der Waals surface area contributed by atoms with Crippen molar-refractivity contribution in [2.45, 2.75) is 39.9 Å². The van der Waals surface area contributed by atoms with Crippen LogP contribution in [0.3, 0.4) is 0 Å². The lowest BCUT2D eigenvalue weighted by Crippen LogP contribution is -2.21. The van der Waals surface area contributed by atoms with Crippen molar-refractivity contribution in [3.63, 3.8) is 0 Å². The van der Waals surface area contributed by atoms with Crippen LogP contribution in [0.1, 0.15) is 42.4 Å². The Kier molecular flexibility index (Phi) is 3.94. The van der Waals surface area contributed by atoms with Crippen LogP contribution >= 0.6 is 0 Å². The third-order valence-electron chi connectivity index (χ3n) is 3.05. The Balaban J connectivity index is 2.05. The molecule has 7 heteroatoms. The van der Waals surface area contributed by atoms with Crippen molar-refractivity contribution in [1.82, 2.24) is 20.0 Å². The van der Waals surface area contributed by atoms with Crippen LogP contribution in [0.2, 0.25) is 0 Å². The van der Waals surface area contributed by atoms with Crippen molar-refractivity contribution in [2.75, 3.05) is 0 Å². The van der Waals surface area contributed by atoms with Gasteiger partial charge in [0.1, 0.15) is 11.6 Å². The summed E-state index contributed by atoms with van der Waals surface area (Å²) >= 11 is 0. The molecule has 0 fully saturated rings. The molecule has 104 valence electrons. The van der Waals surface area contributed by atoms with Crippen LogP contribution in [0, 0.1) is 13.8 Å². The average molecular weight is 270 g/mol. The first kappa shape index (κ1) is 13.7. The van der Waals surface area contributed by atoms with Crippen molar-refractivity contribution in [2.24, 2.45) is 0 Å². The van der Waals surface area contributed by atoms with E-state index in [9.17, 15) is 8.78 Å². The van der Waals surface area contributed by atoms with Crippen molar-refractivity contribution < 1.29 is 13.3 Å². The largest absolute Gasteiger partial charge is 0.361 e. The third-order valence-corrected chi connectivity index (χ3v) is 3.05. The molecule has 0 bridgehead atoms. The second kappa shape index (κ2) is 5.48. The summed E-state index contributed by atoms with van der Waals surface area (Å²) < 4.78 is 31.2. The van der Waals surface area contributed by atoms with Crippen LogP contribution < -0.4 is 5.32 Å². The van der Waals surface area contributed by atoms with E-state index < -0.39 is 6.55 Å². The Labute approximate surface area is 109 Å². The second-order valence-corrected chi connectivity index (χ2v) is 4.37. The van der Waals surface area contributed by atoms with Gasteiger partial charge in [-0.2, -0.15) is 8.78 Å². The zero-order valence-electron chi connectivity index (χ0n) is 11.0. The van der Waals surface area contributed by atoms with Gasteiger partial charge in [-0.3, -0.25) is 4.57 Å². The minimum Gasteiger partial charge on any atom is -0.361 e. The molecule has 2 heterocycles. The van der Waals surface area contributed by atoms with Crippen LogP contribution in [-0.4, -0.2) is 14.7 Å². The van der Waals surface area contributed by atoms with Gasteiger partial charge < -0.3 is 9.84 Å². The average Bonchev–Trinajstić information content (AvgIpc) is 2.93. The van der Waals surface area contributed by atoms with Gasteiger partial charge in [-0.15, -0.1) is 0 Å². The number of aryl methyl sites for hydroxylation is 2. The molecule has 1 unspecified atom stereocenters. The number of alkyl halides is 2. The van der Waals surface area contributed by atoms with Gasteiger partial charge in [-0.05, 0) is 20.8 Å². The Hall–Kier alpha value is -1.76. The predicted molar refractivity (Wildman–Crippen MR) is 64.7 cm³/mol. The normalized spacial score (nSPS) is 13.2. The Morgan fingerprint density at radius 1 is 1.42 bits per heavy atom.